The molecule has 3 rings (SSSR count). The minimum absolute atomic E-state index is 0. The molecule has 3 heterocycles. The first kappa shape index (κ1) is 22.3. The third kappa shape index (κ3) is 7.15. The van der Waals surface area contributed by atoms with Crippen LogP contribution in [0.3, 0.4) is 0 Å². The Morgan fingerprint density at radius 2 is 2.15 bits per heavy atom. The van der Waals surface area contributed by atoms with Gasteiger partial charge in [-0.3, -0.25) is 4.99 Å². The van der Waals surface area contributed by atoms with E-state index in [4.69, 9.17) is 9.47 Å². The number of hydrogen-bond acceptors (Lipinski definition) is 5. The molecule has 8 heteroatoms. The van der Waals surface area contributed by atoms with Gasteiger partial charge in [-0.15, -0.1) is 24.0 Å². The Hall–Kier alpha value is -1.00. The topological polar surface area (TPSA) is 71.9 Å². The molecule has 0 spiro atoms. The molecule has 0 bridgehead atoms. The molecular formula is C19H32IN5O2. The summed E-state index contributed by atoms with van der Waals surface area (Å²) in [5.41, 5.74) is 0.976. The van der Waals surface area contributed by atoms with E-state index in [1.807, 2.05) is 20.0 Å². The molecule has 1 atom stereocenters. The molecule has 2 fully saturated rings. The van der Waals surface area contributed by atoms with Gasteiger partial charge in [0.25, 0.3) is 0 Å². The van der Waals surface area contributed by atoms with Gasteiger partial charge >= 0.3 is 0 Å². The molecule has 0 radical (unpaired) electrons. The molecule has 27 heavy (non-hydrogen) atoms. The SMILES string of the molecule is CN=C(NCc1ccnc(C)n1)N1CCC(OCC2CCCCO2)CC1.I. The minimum Gasteiger partial charge on any atom is -0.376 e. The Morgan fingerprint density at radius 3 is 2.81 bits per heavy atom. The number of nitrogens with one attached hydrogen (secondary N) is 1. The zero-order valence-corrected chi connectivity index (χ0v) is 18.7. The van der Waals surface area contributed by atoms with Crippen LogP contribution in [-0.4, -0.2) is 66.4 Å². The van der Waals surface area contributed by atoms with Gasteiger partial charge in [0.2, 0.25) is 0 Å². The van der Waals surface area contributed by atoms with Crippen LogP contribution in [0.15, 0.2) is 17.3 Å². The Balaban J connectivity index is 0.00000261. The summed E-state index contributed by atoms with van der Waals surface area (Å²) in [5.74, 6) is 1.72. The molecule has 0 aromatic carbocycles. The van der Waals surface area contributed by atoms with Gasteiger partial charge in [0.15, 0.2) is 5.96 Å². The fraction of sp³-hybridized carbons (Fsp3) is 0.737. The van der Waals surface area contributed by atoms with Gasteiger partial charge in [-0.25, -0.2) is 9.97 Å². The van der Waals surface area contributed by atoms with E-state index in [1.165, 1.54) is 12.8 Å². The number of aromatic nitrogens is 2. The van der Waals surface area contributed by atoms with Gasteiger partial charge in [0.05, 0.1) is 31.1 Å². The fourth-order valence-electron chi connectivity index (χ4n) is 3.52. The van der Waals surface area contributed by atoms with E-state index >= 15 is 0 Å². The standard InChI is InChI=1S/C19H31N5O2.HI/c1-15-21-9-6-16(23-15)13-22-19(20-2)24-10-7-17(8-11-24)26-14-18-5-3-4-12-25-18;/h6,9,17-18H,3-5,7-8,10-14H2,1-2H3,(H,20,22);1H. The molecule has 1 N–H and O–H groups in total. The van der Waals surface area contributed by atoms with Gasteiger partial charge < -0.3 is 19.7 Å². The molecule has 0 amide bonds. The molecule has 152 valence electrons. The molecule has 7 nitrogen and oxygen atoms in total. The van der Waals surface area contributed by atoms with E-state index in [0.717, 1.165) is 63.0 Å². The van der Waals surface area contributed by atoms with Crippen molar-refractivity contribution in [2.24, 2.45) is 4.99 Å². The van der Waals surface area contributed by atoms with Gasteiger partial charge in [0.1, 0.15) is 5.82 Å². The largest absolute Gasteiger partial charge is 0.376 e. The molecule has 1 aromatic heterocycles. The van der Waals surface area contributed by atoms with Crippen molar-refractivity contribution in [2.75, 3.05) is 33.4 Å². The molecule has 2 aliphatic heterocycles. The van der Waals surface area contributed by atoms with Crippen LogP contribution in [0.1, 0.15) is 43.6 Å². The number of hydrogen-bond donors (Lipinski definition) is 1. The van der Waals surface area contributed by atoms with Crippen molar-refractivity contribution in [3.8, 4) is 0 Å². The lowest BCUT2D eigenvalue weighted by atomic mass is 10.1. The molecule has 0 aliphatic carbocycles. The molecule has 2 aliphatic rings. The van der Waals surface area contributed by atoms with Crippen LogP contribution in [0.2, 0.25) is 0 Å². The zero-order chi connectivity index (χ0) is 18.2. The van der Waals surface area contributed by atoms with Crippen LogP contribution < -0.4 is 5.32 Å². The number of guanidine groups is 1. The number of aliphatic imine (C=N–C) groups is 1. The predicted molar refractivity (Wildman–Crippen MR) is 117 cm³/mol. The summed E-state index contributed by atoms with van der Waals surface area (Å²) in [6, 6.07) is 1.93. The summed E-state index contributed by atoms with van der Waals surface area (Å²) in [4.78, 5) is 15.3. The summed E-state index contributed by atoms with van der Waals surface area (Å²) in [6.45, 7) is 6.11. The highest BCUT2D eigenvalue weighted by molar-refractivity contribution is 14.0. The molecule has 2 saturated heterocycles. The van der Waals surface area contributed by atoms with Crippen molar-refractivity contribution in [3.05, 3.63) is 23.8 Å². The Kier molecular flexibility index (Phi) is 9.70. The van der Waals surface area contributed by atoms with Crippen LogP contribution in [0.5, 0.6) is 0 Å². The smallest absolute Gasteiger partial charge is 0.193 e. The van der Waals surface area contributed by atoms with Gasteiger partial charge in [-0.1, -0.05) is 0 Å². The number of ether oxygens (including phenoxy) is 2. The lowest BCUT2D eigenvalue weighted by Crippen LogP contribution is -2.47. The number of piperidine rings is 1. The second kappa shape index (κ2) is 11.8. The highest BCUT2D eigenvalue weighted by Gasteiger charge is 2.23. The summed E-state index contributed by atoms with van der Waals surface area (Å²) in [6.07, 6.45) is 8.07. The minimum atomic E-state index is 0. The second-order valence-corrected chi connectivity index (χ2v) is 7.00. The maximum Gasteiger partial charge on any atom is 0.193 e. The lowest BCUT2D eigenvalue weighted by molar-refractivity contribution is -0.0721. The van der Waals surface area contributed by atoms with Crippen LogP contribution in [-0.2, 0) is 16.0 Å². The number of nitrogens with zero attached hydrogens (tertiary/aromatic N) is 4. The monoisotopic (exact) mass is 489 g/mol. The normalized spacial score (nSPS) is 21.6. The van der Waals surface area contributed by atoms with Crippen molar-refractivity contribution >= 4 is 29.9 Å². The summed E-state index contributed by atoms with van der Waals surface area (Å²) >= 11 is 0. The maximum absolute atomic E-state index is 6.10. The van der Waals surface area contributed by atoms with Crippen molar-refractivity contribution in [1.82, 2.24) is 20.2 Å². The van der Waals surface area contributed by atoms with Crippen molar-refractivity contribution in [2.45, 2.75) is 57.8 Å². The number of halogens is 1. The number of aryl methyl sites for hydroxylation is 1. The summed E-state index contributed by atoms with van der Waals surface area (Å²) in [5, 5.41) is 3.41. The Bertz CT molecular complexity index is 587. The van der Waals surface area contributed by atoms with Crippen LogP contribution in [0.4, 0.5) is 0 Å². The van der Waals surface area contributed by atoms with E-state index in [0.29, 0.717) is 18.8 Å². The van der Waals surface area contributed by atoms with Crippen LogP contribution in [0, 0.1) is 6.92 Å². The van der Waals surface area contributed by atoms with Gasteiger partial charge in [0, 0.05) is 32.9 Å². The predicted octanol–water partition coefficient (Wildman–Crippen LogP) is 2.53. The first-order valence-corrected chi connectivity index (χ1v) is 9.72. The van der Waals surface area contributed by atoms with Crippen molar-refractivity contribution in [1.29, 1.82) is 0 Å². The average molecular weight is 489 g/mol. The van der Waals surface area contributed by atoms with Crippen molar-refractivity contribution < 1.29 is 9.47 Å². The second-order valence-electron chi connectivity index (χ2n) is 7.00. The first-order chi connectivity index (χ1) is 12.7. The van der Waals surface area contributed by atoms with E-state index in [1.54, 1.807) is 6.20 Å². The quantitative estimate of drug-likeness (QED) is 0.390. The highest BCUT2D eigenvalue weighted by Crippen LogP contribution is 2.18. The Labute approximate surface area is 179 Å². The van der Waals surface area contributed by atoms with E-state index in [2.05, 4.69) is 25.2 Å². The summed E-state index contributed by atoms with van der Waals surface area (Å²) < 4.78 is 11.9. The Morgan fingerprint density at radius 1 is 1.33 bits per heavy atom. The maximum atomic E-state index is 6.10. The first-order valence-electron chi connectivity index (χ1n) is 9.72. The van der Waals surface area contributed by atoms with Crippen LogP contribution >= 0.6 is 24.0 Å². The average Bonchev–Trinajstić information content (AvgIpc) is 2.69. The van der Waals surface area contributed by atoms with E-state index in [-0.39, 0.29) is 24.0 Å². The molecule has 1 unspecified atom stereocenters. The van der Waals surface area contributed by atoms with Gasteiger partial charge in [-0.05, 0) is 45.1 Å². The van der Waals surface area contributed by atoms with Gasteiger partial charge in [-0.2, -0.15) is 0 Å². The zero-order valence-electron chi connectivity index (χ0n) is 16.4. The third-order valence-corrected chi connectivity index (χ3v) is 5.01. The highest BCUT2D eigenvalue weighted by atomic mass is 127. The molecule has 1 aromatic rings. The van der Waals surface area contributed by atoms with Crippen LogP contribution in [0.25, 0.3) is 0 Å². The lowest BCUT2D eigenvalue weighted by Gasteiger charge is -2.35. The fourth-order valence-corrected chi connectivity index (χ4v) is 3.52. The summed E-state index contributed by atoms with van der Waals surface area (Å²) in [7, 11) is 1.83. The van der Waals surface area contributed by atoms with Crippen molar-refractivity contribution in [3.63, 3.8) is 0 Å². The number of likely N-dealkylation sites (tertiary alicyclic amines) is 1. The van der Waals surface area contributed by atoms with E-state index in [9.17, 15) is 0 Å². The number of rotatable bonds is 5. The molecular weight excluding hydrogens is 457 g/mol. The third-order valence-electron chi connectivity index (χ3n) is 5.01. The molecule has 0 saturated carbocycles. The van der Waals surface area contributed by atoms with E-state index < -0.39 is 0 Å².